The third kappa shape index (κ3) is 4.19. The van der Waals surface area contributed by atoms with Crippen LogP contribution in [-0.4, -0.2) is 33.3 Å². The molecule has 1 heterocycles. The number of hydrogen-bond donors (Lipinski definition) is 3. The summed E-state index contributed by atoms with van der Waals surface area (Å²) in [6, 6.07) is 12.7. The van der Waals surface area contributed by atoms with Gasteiger partial charge in [-0.05, 0) is 42.8 Å². The number of nitrogens with one attached hydrogen (secondary N) is 1. The van der Waals surface area contributed by atoms with Crippen molar-refractivity contribution in [1.29, 1.82) is 0 Å². The van der Waals surface area contributed by atoms with Crippen molar-refractivity contribution in [3.63, 3.8) is 0 Å². The molecule has 0 unspecified atom stereocenters. The molecule has 0 aliphatic carbocycles. The van der Waals surface area contributed by atoms with Crippen LogP contribution in [0.15, 0.2) is 48.5 Å². The van der Waals surface area contributed by atoms with Crippen molar-refractivity contribution in [2.45, 2.75) is 20.1 Å². The molecule has 0 spiro atoms. The SMILES string of the molecule is COc1cc(-c2cc(/C=C/C(=O)c3ccc(C)cc3)[nH]n2)cc(CO)c1CO. The minimum atomic E-state index is -0.227. The van der Waals surface area contributed by atoms with Crippen molar-refractivity contribution in [3.05, 3.63) is 76.5 Å². The Morgan fingerprint density at radius 3 is 2.54 bits per heavy atom. The number of allylic oxidation sites excluding steroid dienone is 1. The molecule has 6 nitrogen and oxygen atoms in total. The lowest BCUT2D eigenvalue weighted by atomic mass is 10.0. The molecule has 0 atom stereocenters. The Kier molecular flexibility index (Phi) is 6.03. The average molecular weight is 378 g/mol. The standard InChI is InChI=1S/C22H22N2O4/c1-14-3-5-15(6-4-14)21(27)8-7-18-11-20(24-23-18)16-9-17(12-25)19(13-26)22(10-16)28-2/h3-11,25-26H,12-13H2,1-2H3,(H,23,24)/b8-7+. The summed E-state index contributed by atoms with van der Waals surface area (Å²) < 4.78 is 5.32. The number of aliphatic hydroxyl groups excluding tert-OH is 2. The Bertz CT molecular complexity index is 979. The largest absolute Gasteiger partial charge is 0.496 e. The molecule has 1 aromatic heterocycles. The minimum absolute atomic E-state index is 0.0901. The highest BCUT2D eigenvalue weighted by Crippen LogP contribution is 2.30. The first-order valence-electron chi connectivity index (χ1n) is 8.82. The number of hydrogen-bond acceptors (Lipinski definition) is 5. The molecule has 0 saturated carbocycles. The topological polar surface area (TPSA) is 95.4 Å². The van der Waals surface area contributed by atoms with E-state index in [1.165, 1.54) is 13.2 Å². The predicted molar refractivity (Wildman–Crippen MR) is 107 cm³/mol. The first kappa shape index (κ1) is 19.5. The Labute approximate surface area is 163 Å². The lowest BCUT2D eigenvalue weighted by molar-refractivity contribution is 0.104. The van der Waals surface area contributed by atoms with E-state index in [-0.39, 0.29) is 19.0 Å². The molecule has 0 amide bonds. The fraction of sp³-hybridized carbons (Fsp3) is 0.182. The molecule has 28 heavy (non-hydrogen) atoms. The zero-order valence-corrected chi connectivity index (χ0v) is 15.8. The second-order valence-corrected chi connectivity index (χ2v) is 6.40. The summed E-state index contributed by atoms with van der Waals surface area (Å²) in [5.74, 6) is 0.395. The third-order valence-electron chi connectivity index (χ3n) is 4.49. The molecule has 6 heteroatoms. The number of nitrogens with zero attached hydrogens (tertiary/aromatic N) is 1. The van der Waals surface area contributed by atoms with E-state index in [9.17, 15) is 15.0 Å². The molecule has 0 saturated heterocycles. The first-order valence-corrected chi connectivity index (χ1v) is 8.82. The van der Waals surface area contributed by atoms with Crippen molar-refractivity contribution < 1.29 is 19.7 Å². The molecule has 0 bridgehead atoms. The summed E-state index contributed by atoms with van der Waals surface area (Å²) >= 11 is 0. The summed E-state index contributed by atoms with van der Waals surface area (Å²) in [6.07, 6.45) is 3.17. The number of methoxy groups -OCH3 is 1. The molecule has 144 valence electrons. The number of carbonyl (C=O) groups is 1. The fourth-order valence-electron chi connectivity index (χ4n) is 2.90. The zero-order chi connectivity index (χ0) is 20.1. The van der Waals surface area contributed by atoms with Gasteiger partial charge in [-0.15, -0.1) is 0 Å². The number of ether oxygens (including phenoxy) is 1. The molecule has 0 aliphatic rings. The van der Waals surface area contributed by atoms with Gasteiger partial charge < -0.3 is 14.9 Å². The monoisotopic (exact) mass is 378 g/mol. The third-order valence-corrected chi connectivity index (χ3v) is 4.49. The van der Waals surface area contributed by atoms with Crippen molar-refractivity contribution in [2.75, 3.05) is 7.11 Å². The highest BCUT2D eigenvalue weighted by Gasteiger charge is 2.13. The normalized spacial score (nSPS) is 11.1. The van der Waals surface area contributed by atoms with Gasteiger partial charge in [0, 0.05) is 16.7 Å². The van der Waals surface area contributed by atoms with Gasteiger partial charge in [0.1, 0.15) is 5.75 Å². The summed E-state index contributed by atoms with van der Waals surface area (Å²) in [5.41, 5.74) is 4.90. The second kappa shape index (κ2) is 8.65. The van der Waals surface area contributed by atoms with Crippen LogP contribution in [0.4, 0.5) is 0 Å². The van der Waals surface area contributed by atoms with E-state index in [1.807, 2.05) is 19.1 Å². The van der Waals surface area contributed by atoms with Gasteiger partial charge in [-0.1, -0.05) is 29.8 Å². The van der Waals surface area contributed by atoms with Gasteiger partial charge in [-0.3, -0.25) is 9.89 Å². The van der Waals surface area contributed by atoms with Gasteiger partial charge in [0.25, 0.3) is 0 Å². The highest BCUT2D eigenvalue weighted by atomic mass is 16.5. The van der Waals surface area contributed by atoms with Crippen LogP contribution in [0.3, 0.4) is 0 Å². The Balaban J connectivity index is 1.84. The number of carbonyl (C=O) groups excluding carboxylic acids is 1. The van der Waals surface area contributed by atoms with E-state index >= 15 is 0 Å². The van der Waals surface area contributed by atoms with E-state index in [4.69, 9.17) is 4.74 Å². The van der Waals surface area contributed by atoms with Crippen LogP contribution in [0.1, 0.15) is 32.7 Å². The van der Waals surface area contributed by atoms with Crippen LogP contribution in [-0.2, 0) is 13.2 Å². The lowest BCUT2D eigenvalue weighted by Crippen LogP contribution is -1.99. The van der Waals surface area contributed by atoms with Gasteiger partial charge in [0.05, 0.1) is 31.7 Å². The van der Waals surface area contributed by atoms with Crippen molar-refractivity contribution >= 4 is 11.9 Å². The number of ketones is 1. The fourth-order valence-corrected chi connectivity index (χ4v) is 2.90. The summed E-state index contributed by atoms with van der Waals surface area (Å²) in [6.45, 7) is 1.53. The number of H-pyrrole nitrogens is 1. The maximum absolute atomic E-state index is 12.3. The molecule has 0 fully saturated rings. The highest BCUT2D eigenvalue weighted by molar-refractivity contribution is 6.06. The van der Waals surface area contributed by atoms with Crippen LogP contribution < -0.4 is 4.74 Å². The molecule has 2 aromatic carbocycles. The van der Waals surface area contributed by atoms with Crippen molar-refractivity contribution in [1.82, 2.24) is 10.2 Å². The van der Waals surface area contributed by atoms with E-state index < -0.39 is 0 Å². The Morgan fingerprint density at radius 2 is 1.89 bits per heavy atom. The molecular formula is C22H22N2O4. The zero-order valence-electron chi connectivity index (χ0n) is 15.8. The van der Waals surface area contributed by atoms with E-state index in [2.05, 4.69) is 10.2 Å². The Hall–Kier alpha value is -3.22. The van der Waals surface area contributed by atoms with E-state index in [0.29, 0.717) is 33.8 Å². The molecule has 3 rings (SSSR count). The van der Waals surface area contributed by atoms with Crippen LogP contribution in [0, 0.1) is 6.92 Å². The molecule has 3 N–H and O–H groups in total. The number of rotatable bonds is 7. The summed E-state index contributed by atoms with van der Waals surface area (Å²) in [4.78, 5) is 12.3. The van der Waals surface area contributed by atoms with Crippen molar-refractivity contribution in [3.8, 4) is 17.0 Å². The number of benzene rings is 2. The number of aryl methyl sites for hydroxylation is 1. The quantitative estimate of drug-likeness (QED) is 0.433. The Morgan fingerprint density at radius 1 is 1.14 bits per heavy atom. The first-order chi connectivity index (χ1) is 13.5. The van der Waals surface area contributed by atoms with Gasteiger partial charge in [0.2, 0.25) is 0 Å². The number of aliphatic hydroxyl groups is 2. The van der Waals surface area contributed by atoms with E-state index in [0.717, 1.165) is 11.1 Å². The van der Waals surface area contributed by atoms with E-state index in [1.54, 1.807) is 36.4 Å². The van der Waals surface area contributed by atoms with Gasteiger partial charge in [-0.2, -0.15) is 5.10 Å². The molecule has 3 aromatic rings. The number of aromatic amines is 1. The van der Waals surface area contributed by atoms with Crippen LogP contribution in [0.25, 0.3) is 17.3 Å². The second-order valence-electron chi connectivity index (χ2n) is 6.40. The molecule has 0 aliphatic heterocycles. The lowest BCUT2D eigenvalue weighted by Gasteiger charge is -2.12. The predicted octanol–water partition coefficient (Wildman–Crippen LogP) is 3.27. The van der Waals surface area contributed by atoms with Crippen LogP contribution >= 0.6 is 0 Å². The summed E-state index contributed by atoms with van der Waals surface area (Å²) in [5, 5.41) is 26.2. The number of aromatic nitrogens is 2. The van der Waals surface area contributed by atoms with Gasteiger partial charge in [0.15, 0.2) is 5.78 Å². The summed E-state index contributed by atoms with van der Waals surface area (Å²) in [7, 11) is 1.51. The van der Waals surface area contributed by atoms with Crippen LogP contribution in [0.2, 0.25) is 0 Å². The maximum Gasteiger partial charge on any atom is 0.185 e. The molecule has 0 radical (unpaired) electrons. The van der Waals surface area contributed by atoms with Gasteiger partial charge >= 0.3 is 0 Å². The average Bonchev–Trinajstić information content (AvgIpc) is 3.20. The van der Waals surface area contributed by atoms with Gasteiger partial charge in [-0.25, -0.2) is 0 Å². The van der Waals surface area contributed by atoms with Crippen LogP contribution in [0.5, 0.6) is 5.75 Å². The minimum Gasteiger partial charge on any atom is -0.496 e. The maximum atomic E-state index is 12.3. The smallest absolute Gasteiger partial charge is 0.185 e. The molecular weight excluding hydrogens is 356 g/mol. The van der Waals surface area contributed by atoms with Crippen molar-refractivity contribution in [2.24, 2.45) is 0 Å².